The van der Waals surface area contributed by atoms with Crippen molar-refractivity contribution in [3.8, 4) is 0 Å². The summed E-state index contributed by atoms with van der Waals surface area (Å²) in [6.07, 6.45) is -4.51. The van der Waals surface area contributed by atoms with Crippen LogP contribution in [0.25, 0.3) is 0 Å². The number of hydrogen-bond donors (Lipinski definition) is 0. The average molecular weight is 463 g/mol. The molecule has 2 heterocycles. The zero-order valence-corrected chi connectivity index (χ0v) is 17.3. The van der Waals surface area contributed by atoms with Gasteiger partial charge >= 0.3 is 24.0 Å². The van der Waals surface area contributed by atoms with Crippen LogP contribution in [0, 0.1) is 0 Å². The van der Waals surface area contributed by atoms with E-state index >= 15 is 0 Å². The predicted octanol–water partition coefficient (Wildman–Crippen LogP) is 1.28. The molecule has 1 fully saturated rings. The van der Waals surface area contributed by atoms with Crippen LogP contribution in [-0.2, 0) is 42.8 Å². The van der Waals surface area contributed by atoms with Crippen LogP contribution in [-0.4, -0.2) is 71.6 Å². The van der Waals surface area contributed by atoms with Gasteiger partial charge in [-0.2, -0.15) is 0 Å². The molecule has 0 amide bonds. The van der Waals surface area contributed by atoms with Crippen molar-refractivity contribution in [2.45, 2.75) is 55.2 Å². The smallest absolute Gasteiger partial charge is 0.386 e. The fourth-order valence-corrected chi connectivity index (χ4v) is 2.75. The van der Waals surface area contributed by atoms with E-state index in [-0.39, 0.29) is 19.3 Å². The monoisotopic (exact) mass is 461 g/mol. The van der Waals surface area contributed by atoms with Gasteiger partial charge in [-0.05, 0) is 0 Å². The van der Waals surface area contributed by atoms with Gasteiger partial charge in [-0.1, -0.05) is 34.8 Å². The van der Waals surface area contributed by atoms with Crippen LogP contribution < -0.4 is 0 Å². The second-order valence-corrected chi connectivity index (χ2v) is 8.42. The molecule has 10 nitrogen and oxygen atoms in total. The Balaban J connectivity index is 2.24. The van der Waals surface area contributed by atoms with Crippen molar-refractivity contribution in [2.75, 3.05) is 13.2 Å². The number of ether oxygens (including phenoxy) is 6. The van der Waals surface area contributed by atoms with Gasteiger partial charge in [0.1, 0.15) is 19.3 Å². The number of carbonyl (C=O) groups is 3. The first-order chi connectivity index (χ1) is 13.0. The Morgan fingerprint density at radius 3 is 2.18 bits per heavy atom. The van der Waals surface area contributed by atoms with Gasteiger partial charge in [-0.25, -0.2) is 4.99 Å². The summed E-state index contributed by atoms with van der Waals surface area (Å²) in [5.74, 6) is -1.89. The molecule has 0 aromatic carbocycles. The van der Waals surface area contributed by atoms with E-state index in [4.69, 9.17) is 63.2 Å². The maximum absolute atomic E-state index is 11.6. The van der Waals surface area contributed by atoms with Crippen LogP contribution in [0.1, 0.15) is 20.8 Å². The molecular formula is C15H18Cl3NO9. The van der Waals surface area contributed by atoms with E-state index in [2.05, 4.69) is 4.99 Å². The van der Waals surface area contributed by atoms with Gasteiger partial charge in [0.2, 0.25) is 10.1 Å². The van der Waals surface area contributed by atoms with E-state index in [0.717, 1.165) is 0 Å². The summed E-state index contributed by atoms with van der Waals surface area (Å²) in [4.78, 5) is 38.4. The summed E-state index contributed by atoms with van der Waals surface area (Å²) in [6.45, 7) is 2.91. The Kier molecular flexibility index (Phi) is 7.60. The van der Waals surface area contributed by atoms with Crippen molar-refractivity contribution in [2.24, 2.45) is 4.99 Å². The minimum atomic E-state index is -1.71. The second kappa shape index (κ2) is 9.34. The molecule has 2 aliphatic rings. The number of alkyl halides is 3. The standard InChI is InChI=1S/C15H18Cl3NO9/c1-6(20)23-4-9-11(25-7(2)21)12(26-8(3)22)10-13(27-9)28-14(19-10)24-5-15(16,17)18/h9-13H,4-5H2,1-3H3. The molecule has 0 aliphatic carbocycles. The lowest BCUT2D eigenvalue weighted by Crippen LogP contribution is -2.60. The lowest BCUT2D eigenvalue weighted by molar-refractivity contribution is -0.250. The molecule has 0 radical (unpaired) electrons. The van der Waals surface area contributed by atoms with Crippen molar-refractivity contribution >= 4 is 58.8 Å². The van der Waals surface area contributed by atoms with Gasteiger partial charge in [0.25, 0.3) is 0 Å². The van der Waals surface area contributed by atoms with Crippen LogP contribution in [0.2, 0.25) is 0 Å². The molecule has 2 aliphatic heterocycles. The number of halogens is 3. The number of nitrogens with zero attached hydrogens (tertiary/aromatic N) is 1. The van der Waals surface area contributed by atoms with Gasteiger partial charge in [-0.3, -0.25) is 14.4 Å². The van der Waals surface area contributed by atoms with E-state index in [9.17, 15) is 14.4 Å². The third kappa shape index (κ3) is 6.54. The maximum atomic E-state index is 11.6. The fourth-order valence-electron chi connectivity index (χ4n) is 2.59. The fraction of sp³-hybridized carbons (Fsp3) is 0.733. The number of rotatable bonds is 5. The largest absolute Gasteiger partial charge is 0.463 e. The highest BCUT2D eigenvalue weighted by molar-refractivity contribution is 6.67. The van der Waals surface area contributed by atoms with Crippen molar-refractivity contribution in [1.82, 2.24) is 0 Å². The van der Waals surface area contributed by atoms with E-state index in [0.29, 0.717) is 0 Å². The highest BCUT2D eigenvalue weighted by atomic mass is 35.6. The normalized spacial score (nSPS) is 29.1. The predicted molar refractivity (Wildman–Crippen MR) is 95.0 cm³/mol. The summed E-state index contributed by atoms with van der Waals surface area (Å²) in [5.41, 5.74) is 0. The first-order valence-electron chi connectivity index (χ1n) is 8.03. The molecule has 5 atom stereocenters. The molecule has 0 aromatic heterocycles. The van der Waals surface area contributed by atoms with Gasteiger partial charge in [0.15, 0.2) is 18.2 Å². The van der Waals surface area contributed by atoms with Crippen molar-refractivity contribution in [1.29, 1.82) is 0 Å². The summed E-state index contributed by atoms with van der Waals surface area (Å²) >= 11 is 16.9. The van der Waals surface area contributed by atoms with Gasteiger partial charge in [-0.15, -0.1) is 0 Å². The molecule has 0 bridgehead atoms. The number of carbonyl (C=O) groups excluding carboxylic acids is 3. The Bertz CT molecular complexity index is 651. The minimum Gasteiger partial charge on any atom is -0.463 e. The molecule has 0 aromatic rings. The van der Waals surface area contributed by atoms with Crippen molar-refractivity contribution < 1.29 is 42.8 Å². The Labute approximate surface area is 175 Å². The van der Waals surface area contributed by atoms with E-state index in [1.54, 1.807) is 0 Å². The summed E-state index contributed by atoms with van der Waals surface area (Å²) in [7, 11) is 0. The molecule has 28 heavy (non-hydrogen) atoms. The molecule has 0 saturated carbocycles. The van der Waals surface area contributed by atoms with Crippen LogP contribution in [0.15, 0.2) is 4.99 Å². The van der Waals surface area contributed by atoms with Crippen molar-refractivity contribution in [3.63, 3.8) is 0 Å². The number of hydrogen-bond acceptors (Lipinski definition) is 10. The molecular weight excluding hydrogens is 445 g/mol. The quantitative estimate of drug-likeness (QED) is 0.338. The maximum Gasteiger partial charge on any atom is 0.386 e. The number of aliphatic imine (C=N–C) groups is 1. The average Bonchev–Trinajstić information content (AvgIpc) is 2.95. The summed E-state index contributed by atoms with van der Waals surface area (Å²) in [5, 5.41) is 0. The second-order valence-electron chi connectivity index (χ2n) is 5.90. The molecule has 158 valence electrons. The molecule has 5 unspecified atom stereocenters. The third-order valence-corrected chi connectivity index (χ3v) is 3.83. The molecule has 2 rings (SSSR count). The first-order valence-corrected chi connectivity index (χ1v) is 9.17. The molecule has 0 N–H and O–H groups in total. The van der Waals surface area contributed by atoms with Crippen LogP contribution in [0.4, 0.5) is 0 Å². The van der Waals surface area contributed by atoms with Gasteiger partial charge in [0.05, 0.1) is 0 Å². The van der Waals surface area contributed by atoms with E-state index in [1.807, 2.05) is 0 Å². The molecule has 0 spiro atoms. The van der Waals surface area contributed by atoms with Crippen molar-refractivity contribution in [3.05, 3.63) is 0 Å². The lowest BCUT2D eigenvalue weighted by Gasteiger charge is -2.40. The topological polar surface area (TPSA) is 119 Å². The minimum absolute atomic E-state index is 0.256. The van der Waals surface area contributed by atoms with Gasteiger partial charge < -0.3 is 28.4 Å². The van der Waals surface area contributed by atoms with Crippen LogP contribution in [0.5, 0.6) is 0 Å². The zero-order chi connectivity index (χ0) is 21.1. The Morgan fingerprint density at radius 1 is 1.04 bits per heavy atom. The highest BCUT2D eigenvalue weighted by Gasteiger charge is 2.54. The third-order valence-electron chi connectivity index (χ3n) is 3.50. The number of esters is 3. The van der Waals surface area contributed by atoms with Crippen LogP contribution in [0.3, 0.4) is 0 Å². The van der Waals surface area contributed by atoms with Gasteiger partial charge in [0, 0.05) is 20.8 Å². The zero-order valence-electron chi connectivity index (χ0n) is 15.1. The summed E-state index contributed by atoms with van der Waals surface area (Å²) in [6, 6.07) is -0.924. The van der Waals surface area contributed by atoms with E-state index < -0.39 is 52.3 Å². The highest BCUT2D eigenvalue weighted by Crippen LogP contribution is 2.34. The number of fused-ring (bicyclic) bond motifs is 1. The Hall–Kier alpha value is -1.49. The lowest BCUT2D eigenvalue weighted by atomic mass is 9.97. The molecule has 1 saturated heterocycles. The van der Waals surface area contributed by atoms with Crippen LogP contribution >= 0.6 is 34.8 Å². The SMILES string of the molecule is CC(=O)OCC1OC2OC(OCC(Cl)(Cl)Cl)=NC2C(OC(C)=O)C1OC(C)=O. The van der Waals surface area contributed by atoms with E-state index in [1.165, 1.54) is 20.8 Å². The molecule has 13 heteroatoms. The first kappa shape index (κ1) is 22.8. The Morgan fingerprint density at radius 2 is 1.64 bits per heavy atom. The summed E-state index contributed by atoms with van der Waals surface area (Å²) < 4.78 is 30.1.